The van der Waals surface area contributed by atoms with Gasteiger partial charge in [0.1, 0.15) is 0 Å². The van der Waals surface area contributed by atoms with Gasteiger partial charge in [-0.25, -0.2) is 0 Å². The lowest BCUT2D eigenvalue weighted by molar-refractivity contribution is -0.120. The standard InChI is InChI=1S/C11H17N3O/c12-8-9-1-2-10(7-9)14-5-3-11(15)13-4-6-14/h9-10H,1-7H2,(H,13,15)/t9-,10-/m1/s1. The molecule has 2 aliphatic rings. The largest absolute Gasteiger partial charge is 0.355 e. The van der Waals surface area contributed by atoms with Gasteiger partial charge in [-0.05, 0) is 19.3 Å². The fraction of sp³-hybridized carbons (Fsp3) is 0.818. The highest BCUT2D eigenvalue weighted by molar-refractivity contribution is 5.76. The number of amides is 1. The number of nitrogens with one attached hydrogen (secondary N) is 1. The van der Waals surface area contributed by atoms with E-state index >= 15 is 0 Å². The summed E-state index contributed by atoms with van der Waals surface area (Å²) in [5.41, 5.74) is 0. The molecule has 0 unspecified atom stereocenters. The molecule has 1 N–H and O–H groups in total. The van der Waals surface area contributed by atoms with E-state index in [1.54, 1.807) is 0 Å². The molecule has 2 rings (SSSR count). The van der Waals surface area contributed by atoms with E-state index in [2.05, 4.69) is 16.3 Å². The van der Waals surface area contributed by atoms with Crippen LogP contribution in [0.25, 0.3) is 0 Å². The predicted molar refractivity (Wildman–Crippen MR) is 55.9 cm³/mol. The molecule has 1 aliphatic carbocycles. The molecule has 4 heteroatoms. The van der Waals surface area contributed by atoms with E-state index in [9.17, 15) is 4.79 Å². The van der Waals surface area contributed by atoms with Crippen molar-refractivity contribution in [2.24, 2.45) is 5.92 Å². The Balaban J connectivity index is 1.88. The van der Waals surface area contributed by atoms with Crippen molar-refractivity contribution in [1.82, 2.24) is 10.2 Å². The molecule has 1 saturated heterocycles. The van der Waals surface area contributed by atoms with Gasteiger partial charge in [0, 0.05) is 38.0 Å². The van der Waals surface area contributed by atoms with Crippen LogP contribution in [-0.2, 0) is 4.79 Å². The Kier molecular flexibility index (Phi) is 3.22. The molecule has 0 radical (unpaired) electrons. The monoisotopic (exact) mass is 207 g/mol. The zero-order valence-electron chi connectivity index (χ0n) is 8.91. The Hall–Kier alpha value is -1.08. The summed E-state index contributed by atoms with van der Waals surface area (Å²) < 4.78 is 0. The highest BCUT2D eigenvalue weighted by Crippen LogP contribution is 2.28. The zero-order chi connectivity index (χ0) is 10.7. The molecule has 0 aromatic rings. The molecule has 2 fully saturated rings. The van der Waals surface area contributed by atoms with Gasteiger partial charge in [0.2, 0.25) is 5.91 Å². The summed E-state index contributed by atoms with van der Waals surface area (Å²) in [7, 11) is 0. The van der Waals surface area contributed by atoms with Crippen molar-refractivity contribution in [2.75, 3.05) is 19.6 Å². The van der Waals surface area contributed by atoms with Gasteiger partial charge >= 0.3 is 0 Å². The molecule has 1 heterocycles. The summed E-state index contributed by atoms with van der Waals surface area (Å²) >= 11 is 0. The van der Waals surface area contributed by atoms with Crippen LogP contribution in [0, 0.1) is 17.2 Å². The van der Waals surface area contributed by atoms with Crippen LogP contribution >= 0.6 is 0 Å². The molecule has 0 bridgehead atoms. The van der Waals surface area contributed by atoms with Crippen LogP contribution in [0.1, 0.15) is 25.7 Å². The van der Waals surface area contributed by atoms with Gasteiger partial charge in [-0.3, -0.25) is 9.69 Å². The minimum Gasteiger partial charge on any atom is -0.355 e. The minimum absolute atomic E-state index is 0.160. The normalized spacial score (nSPS) is 33.1. The van der Waals surface area contributed by atoms with Gasteiger partial charge in [-0.2, -0.15) is 5.26 Å². The second-order valence-corrected chi connectivity index (χ2v) is 4.43. The molecule has 1 saturated carbocycles. The van der Waals surface area contributed by atoms with Crippen LogP contribution in [0.4, 0.5) is 0 Å². The Labute approximate surface area is 90.2 Å². The topological polar surface area (TPSA) is 56.1 Å². The molecule has 2 atom stereocenters. The summed E-state index contributed by atoms with van der Waals surface area (Å²) in [5.74, 6) is 0.397. The first kappa shape index (κ1) is 10.4. The minimum atomic E-state index is 0.160. The van der Waals surface area contributed by atoms with Crippen LogP contribution < -0.4 is 5.32 Å². The van der Waals surface area contributed by atoms with Gasteiger partial charge in [0.05, 0.1) is 6.07 Å². The molecule has 0 spiro atoms. The number of carbonyl (C=O) groups is 1. The zero-order valence-corrected chi connectivity index (χ0v) is 8.91. The van der Waals surface area contributed by atoms with Crippen molar-refractivity contribution in [2.45, 2.75) is 31.7 Å². The smallest absolute Gasteiger partial charge is 0.221 e. The number of hydrogen-bond donors (Lipinski definition) is 1. The number of nitrogens with zero attached hydrogens (tertiary/aromatic N) is 2. The van der Waals surface area contributed by atoms with Crippen molar-refractivity contribution in [3.63, 3.8) is 0 Å². The van der Waals surface area contributed by atoms with Crippen LogP contribution in [0.15, 0.2) is 0 Å². The lowest BCUT2D eigenvalue weighted by atomic mass is 10.1. The summed E-state index contributed by atoms with van der Waals surface area (Å²) in [5, 5.41) is 11.7. The van der Waals surface area contributed by atoms with Gasteiger partial charge in [-0.15, -0.1) is 0 Å². The van der Waals surface area contributed by atoms with Crippen molar-refractivity contribution in [3.05, 3.63) is 0 Å². The average Bonchev–Trinajstić information content (AvgIpc) is 2.62. The summed E-state index contributed by atoms with van der Waals surface area (Å²) in [6.07, 6.45) is 3.74. The third kappa shape index (κ3) is 2.48. The Morgan fingerprint density at radius 2 is 2.27 bits per heavy atom. The number of carbonyl (C=O) groups excluding carboxylic acids is 1. The van der Waals surface area contributed by atoms with Crippen LogP contribution in [-0.4, -0.2) is 36.5 Å². The van der Waals surface area contributed by atoms with E-state index in [1.165, 1.54) is 0 Å². The van der Waals surface area contributed by atoms with E-state index in [1.807, 2.05) is 0 Å². The number of hydrogen-bond acceptors (Lipinski definition) is 3. The molecule has 1 aliphatic heterocycles. The van der Waals surface area contributed by atoms with Crippen LogP contribution in [0.2, 0.25) is 0 Å². The fourth-order valence-corrected chi connectivity index (χ4v) is 2.56. The van der Waals surface area contributed by atoms with Gasteiger partial charge in [0.25, 0.3) is 0 Å². The SMILES string of the molecule is N#C[C@@H]1CC[C@@H](N2CCNC(=O)CC2)C1. The lowest BCUT2D eigenvalue weighted by Crippen LogP contribution is -2.36. The molecular weight excluding hydrogens is 190 g/mol. The number of nitriles is 1. The van der Waals surface area contributed by atoms with Crippen molar-refractivity contribution >= 4 is 5.91 Å². The maximum atomic E-state index is 11.2. The third-order valence-electron chi connectivity index (χ3n) is 3.45. The van der Waals surface area contributed by atoms with Crippen molar-refractivity contribution in [1.29, 1.82) is 5.26 Å². The highest BCUT2D eigenvalue weighted by atomic mass is 16.1. The summed E-state index contributed by atoms with van der Waals surface area (Å²) in [6.45, 7) is 2.55. The Bertz CT molecular complexity index is 284. The molecular formula is C11H17N3O. The van der Waals surface area contributed by atoms with E-state index in [-0.39, 0.29) is 11.8 Å². The summed E-state index contributed by atoms with van der Waals surface area (Å²) in [4.78, 5) is 13.5. The average molecular weight is 207 g/mol. The molecule has 0 aromatic carbocycles. The van der Waals surface area contributed by atoms with Crippen LogP contribution in [0.3, 0.4) is 0 Å². The first-order valence-corrected chi connectivity index (χ1v) is 5.70. The molecule has 4 nitrogen and oxygen atoms in total. The molecule has 82 valence electrons. The maximum Gasteiger partial charge on any atom is 0.221 e. The number of rotatable bonds is 1. The molecule has 1 amide bonds. The second kappa shape index (κ2) is 4.63. The van der Waals surface area contributed by atoms with E-state index in [4.69, 9.17) is 5.26 Å². The first-order valence-electron chi connectivity index (χ1n) is 5.70. The van der Waals surface area contributed by atoms with E-state index in [0.29, 0.717) is 12.5 Å². The maximum absolute atomic E-state index is 11.2. The van der Waals surface area contributed by atoms with Gasteiger partial charge < -0.3 is 5.32 Å². The first-order chi connectivity index (χ1) is 7.29. The highest BCUT2D eigenvalue weighted by Gasteiger charge is 2.29. The molecule has 0 aromatic heterocycles. The quantitative estimate of drug-likeness (QED) is 0.681. The Morgan fingerprint density at radius 3 is 3.00 bits per heavy atom. The summed E-state index contributed by atoms with van der Waals surface area (Å²) in [6, 6.07) is 2.88. The lowest BCUT2D eigenvalue weighted by Gasteiger charge is -2.26. The van der Waals surface area contributed by atoms with Crippen molar-refractivity contribution < 1.29 is 4.79 Å². The van der Waals surface area contributed by atoms with Gasteiger partial charge in [0.15, 0.2) is 0 Å². The second-order valence-electron chi connectivity index (χ2n) is 4.43. The van der Waals surface area contributed by atoms with E-state index in [0.717, 1.165) is 38.9 Å². The van der Waals surface area contributed by atoms with E-state index < -0.39 is 0 Å². The van der Waals surface area contributed by atoms with Crippen molar-refractivity contribution in [3.8, 4) is 6.07 Å². The Morgan fingerprint density at radius 1 is 1.40 bits per heavy atom. The van der Waals surface area contributed by atoms with Gasteiger partial charge in [-0.1, -0.05) is 0 Å². The predicted octanol–water partition coefficient (Wildman–Crippen LogP) is 0.501. The van der Waals surface area contributed by atoms with Crippen LogP contribution in [0.5, 0.6) is 0 Å². The molecule has 15 heavy (non-hydrogen) atoms. The fourth-order valence-electron chi connectivity index (χ4n) is 2.56. The third-order valence-corrected chi connectivity index (χ3v) is 3.45.